The number of pyridine rings is 1. The van der Waals surface area contributed by atoms with Crippen LogP contribution in [0.5, 0.6) is 0 Å². The van der Waals surface area contributed by atoms with Crippen molar-refractivity contribution in [2.75, 3.05) is 18.8 Å². The van der Waals surface area contributed by atoms with Crippen molar-refractivity contribution < 1.29 is 14.4 Å². The average Bonchev–Trinajstić information content (AvgIpc) is 3.06. The quantitative estimate of drug-likeness (QED) is 0.861. The van der Waals surface area contributed by atoms with Gasteiger partial charge in [-0.2, -0.15) is 0 Å². The van der Waals surface area contributed by atoms with Crippen LogP contribution in [0, 0.1) is 12.8 Å². The minimum absolute atomic E-state index is 0.0574. The number of aromatic nitrogens is 2. The van der Waals surface area contributed by atoms with Crippen LogP contribution in [0.1, 0.15) is 21.8 Å². The molecule has 1 fully saturated rings. The summed E-state index contributed by atoms with van der Waals surface area (Å²) in [4.78, 5) is 18.0. The van der Waals surface area contributed by atoms with Crippen LogP contribution in [0.15, 0.2) is 28.9 Å². The predicted octanol–water partition coefficient (Wildman–Crippen LogP) is 0.636. The van der Waals surface area contributed by atoms with Gasteiger partial charge in [0.25, 0.3) is 5.91 Å². The topological polar surface area (TPSA) is 105 Å². The monoisotopic (exact) mass is 302 g/mol. The Labute approximate surface area is 127 Å². The highest BCUT2D eigenvalue weighted by atomic mass is 16.5. The van der Waals surface area contributed by atoms with Gasteiger partial charge in [-0.1, -0.05) is 5.16 Å². The molecular formula is C15H18N4O3. The van der Waals surface area contributed by atoms with Crippen molar-refractivity contribution in [1.29, 1.82) is 0 Å². The fraction of sp³-hybridized carbons (Fsp3) is 0.400. The summed E-state index contributed by atoms with van der Waals surface area (Å²) in [7, 11) is 0. The second-order valence-corrected chi connectivity index (χ2v) is 5.65. The van der Waals surface area contributed by atoms with Crippen molar-refractivity contribution in [2.24, 2.45) is 5.92 Å². The van der Waals surface area contributed by atoms with Crippen molar-refractivity contribution in [2.45, 2.75) is 19.4 Å². The predicted molar refractivity (Wildman–Crippen MR) is 79.0 cm³/mol. The number of β-amino-alcohol motifs (C(OH)–C–C–N with tert-alkyl or cyclic N) is 1. The molecule has 3 heterocycles. The van der Waals surface area contributed by atoms with Crippen LogP contribution < -0.4 is 5.73 Å². The minimum Gasteiger partial charge on any atom is -0.391 e. The lowest BCUT2D eigenvalue weighted by Gasteiger charge is -2.15. The molecule has 116 valence electrons. The van der Waals surface area contributed by atoms with E-state index in [0.717, 1.165) is 11.5 Å². The first kappa shape index (κ1) is 14.5. The molecule has 0 spiro atoms. The summed E-state index contributed by atoms with van der Waals surface area (Å²) >= 11 is 0. The van der Waals surface area contributed by atoms with Gasteiger partial charge >= 0.3 is 0 Å². The lowest BCUT2D eigenvalue weighted by Crippen LogP contribution is -2.29. The molecule has 1 aliphatic rings. The molecule has 2 atom stereocenters. The number of carbonyl (C=O) groups excluding carboxylic acids is 1. The molecule has 0 unspecified atom stereocenters. The highest BCUT2D eigenvalue weighted by Gasteiger charge is 2.35. The van der Waals surface area contributed by atoms with Crippen LogP contribution in [0.2, 0.25) is 0 Å². The number of likely N-dealkylation sites (tertiary alicyclic amines) is 1. The van der Waals surface area contributed by atoms with Gasteiger partial charge in [0.05, 0.1) is 17.4 Å². The molecule has 7 nitrogen and oxygen atoms in total. The number of aryl methyl sites for hydroxylation is 1. The lowest BCUT2D eigenvalue weighted by atomic mass is 10.0. The van der Waals surface area contributed by atoms with E-state index in [1.165, 1.54) is 6.20 Å². The van der Waals surface area contributed by atoms with Crippen LogP contribution in [0.25, 0.3) is 0 Å². The van der Waals surface area contributed by atoms with E-state index in [9.17, 15) is 9.90 Å². The van der Waals surface area contributed by atoms with Gasteiger partial charge in [0, 0.05) is 37.7 Å². The molecule has 3 rings (SSSR count). The van der Waals surface area contributed by atoms with Crippen molar-refractivity contribution in [3.8, 4) is 0 Å². The zero-order valence-corrected chi connectivity index (χ0v) is 12.3. The number of rotatable bonds is 3. The van der Waals surface area contributed by atoms with Gasteiger partial charge in [-0.15, -0.1) is 0 Å². The smallest absolute Gasteiger partial charge is 0.255 e. The summed E-state index contributed by atoms with van der Waals surface area (Å²) in [5.74, 6) is 0.891. The van der Waals surface area contributed by atoms with E-state index in [2.05, 4.69) is 10.1 Å². The van der Waals surface area contributed by atoms with Gasteiger partial charge in [-0.25, -0.2) is 4.98 Å². The van der Waals surface area contributed by atoms with E-state index < -0.39 is 6.10 Å². The van der Waals surface area contributed by atoms with E-state index >= 15 is 0 Å². The van der Waals surface area contributed by atoms with Gasteiger partial charge in [0.1, 0.15) is 11.6 Å². The zero-order valence-electron chi connectivity index (χ0n) is 12.3. The van der Waals surface area contributed by atoms with E-state index in [-0.39, 0.29) is 11.8 Å². The van der Waals surface area contributed by atoms with Crippen LogP contribution in [0.3, 0.4) is 0 Å². The Morgan fingerprint density at radius 1 is 1.50 bits per heavy atom. The number of anilines is 1. The maximum absolute atomic E-state index is 12.4. The molecule has 2 aromatic rings. The van der Waals surface area contributed by atoms with Gasteiger partial charge < -0.3 is 20.3 Å². The van der Waals surface area contributed by atoms with Gasteiger partial charge in [0.15, 0.2) is 0 Å². The van der Waals surface area contributed by atoms with Gasteiger partial charge in [-0.3, -0.25) is 4.79 Å². The molecule has 3 N–H and O–H groups in total. The first-order valence-corrected chi connectivity index (χ1v) is 7.14. The number of aliphatic hydroxyl groups excluding tert-OH is 1. The summed E-state index contributed by atoms with van der Waals surface area (Å²) < 4.78 is 5.18. The van der Waals surface area contributed by atoms with Crippen molar-refractivity contribution in [1.82, 2.24) is 15.0 Å². The fourth-order valence-electron chi connectivity index (χ4n) is 2.71. The molecule has 2 aromatic heterocycles. The minimum atomic E-state index is -0.573. The molecule has 22 heavy (non-hydrogen) atoms. The molecule has 7 heteroatoms. The Balaban J connectivity index is 1.67. The van der Waals surface area contributed by atoms with Crippen LogP contribution in [0.4, 0.5) is 5.82 Å². The van der Waals surface area contributed by atoms with Crippen molar-refractivity contribution in [3.05, 3.63) is 41.4 Å². The number of aliphatic hydroxyl groups is 1. The Morgan fingerprint density at radius 2 is 2.32 bits per heavy atom. The van der Waals surface area contributed by atoms with Crippen molar-refractivity contribution >= 4 is 11.7 Å². The second-order valence-electron chi connectivity index (χ2n) is 5.65. The fourth-order valence-corrected chi connectivity index (χ4v) is 2.71. The molecule has 0 aromatic carbocycles. The molecule has 0 aliphatic carbocycles. The van der Waals surface area contributed by atoms with Crippen molar-refractivity contribution in [3.63, 3.8) is 0 Å². The van der Waals surface area contributed by atoms with E-state index in [1.807, 2.05) is 13.0 Å². The molecule has 1 saturated heterocycles. The number of nitrogens with zero attached hydrogens (tertiary/aromatic N) is 3. The zero-order chi connectivity index (χ0) is 15.7. The maximum atomic E-state index is 12.4. The van der Waals surface area contributed by atoms with Gasteiger partial charge in [0.2, 0.25) is 0 Å². The number of hydrogen-bond acceptors (Lipinski definition) is 6. The standard InChI is InChI=1S/C15H18N4O3/c1-9-4-12(22-18-9)5-11-7-19(8-13(11)20)15(21)10-2-3-14(16)17-6-10/h2-4,6,11,13,20H,5,7-8H2,1H3,(H2,16,17)/t11-,13-/m1/s1. The number of carbonyl (C=O) groups is 1. The normalized spacial score (nSPS) is 21.3. The van der Waals surface area contributed by atoms with E-state index in [4.69, 9.17) is 10.3 Å². The average molecular weight is 302 g/mol. The molecular weight excluding hydrogens is 284 g/mol. The Bertz CT molecular complexity index is 668. The Hall–Kier alpha value is -2.41. The largest absolute Gasteiger partial charge is 0.391 e. The molecule has 1 aliphatic heterocycles. The molecule has 0 bridgehead atoms. The van der Waals surface area contributed by atoms with E-state index in [1.54, 1.807) is 17.0 Å². The van der Waals surface area contributed by atoms with Crippen LogP contribution in [-0.2, 0) is 6.42 Å². The third-order valence-electron chi connectivity index (χ3n) is 3.87. The summed E-state index contributed by atoms with van der Waals surface area (Å²) in [6, 6.07) is 5.08. The maximum Gasteiger partial charge on any atom is 0.255 e. The third-order valence-corrected chi connectivity index (χ3v) is 3.87. The molecule has 1 amide bonds. The van der Waals surface area contributed by atoms with Crippen LogP contribution >= 0.6 is 0 Å². The molecule has 0 radical (unpaired) electrons. The van der Waals surface area contributed by atoms with E-state index in [0.29, 0.717) is 30.9 Å². The highest BCUT2D eigenvalue weighted by Crippen LogP contribution is 2.23. The summed E-state index contributed by atoms with van der Waals surface area (Å²) in [6.07, 6.45) is 1.44. The number of amides is 1. The third kappa shape index (κ3) is 2.94. The number of hydrogen-bond donors (Lipinski definition) is 2. The Morgan fingerprint density at radius 3 is 2.95 bits per heavy atom. The first-order valence-electron chi connectivity index (χ1n) is 7.14. The highest BCUT2D eigenvalue weighted by molar-refractivity contribution is 5.94. The SMILES string of the molecule is Cc1cc(C[C@@H]2CN(C(=O)c3ccc(N)nc3)C[C@H]2O)on1. The second kappa shape index (κ2) is 5.76. The first-order chi connectivity index (χ1) is 10.5. The summed E-state index contributed by atoms with van der Waals surface area (Å²) in [5.41, 5.74) is 6.80. The lowest BCUT2D eigenvalue weighted by molar-refractivity contribution is 0.0764. The van der Waals surface area contributed by atoms with Crippen LogP contribution in [-0.4, -0.2) is 45.2 Å². The molecule has 0 saturated carbocycles. The Kier molecular flexibility index (Phi) is 3.81. The summed E-state index contributed by atoms with van der Waals surface area (Å²) in [6.45, 7) is 2.63. The summed E-state index contributed by atoms with van der Waals surface area (Å²) in [5, 5.41) is 14.0. The number of nitrogens with two attached hydrogens (primary N) is 1. The van der Waals surface area contributed by atoms with Gasteiger partial charge in [-0.05, 0) is 19.1 Å². The number of nitrogen functional groups attached to an aromatic ring is 1.